The van der Waals surface area contributed by atoms with Crippen LogP contribution in [0.1, 0.15) is 17.3 Å². The van der Waals surface area contributed by atoms with Crippen molar-refractivity contribution in [3.05, 3.63) is 42.0 Å². The first-order valence-corrected chi connectivity index (χ1v) is 6.04. The van der Waals surface area contributed by atoms with Crippen molar-refractivity contribution in [1.29, 1.82) is 0 Å². The molecule has 6 nitrogen and oxygen atoms in total. The minimum atomic E-state index is -1.01. The number of halogens is 1. The van der Waals surface area contributed by atoms with Crippen molar-refractivity contribution >= 4 is 41.0 Å². The number of anilines is 1. The number of nitrogens with two attached hydrogens (primary N) is 1. The number of hydrazine groups is 1. The molecule has 21 heavy (non-hydrogen) atoms. The van der Waals surface area contributed by atoms with E-state index in [-0.39, 0.29) is 24.6 Å². The van der Waals surface area contributed by atoms with E-state index >= 15 is 0 Å². The molecule has 0 radical (unpaired) electrons. The zero-order valence-corrected chi connectivity index (χ0v) is 12.1. The molecule has 112 valence electrons. The van der Waals surface area contributed by atoms with Crippen molar-refractivity contribution in [2.24, 2.45) is 5.84 Å². The van der Waals surface area contributed by atoms with Gasteiger partial charge in [-0.15, -0.1) is 12.4 Å². The summed E-state index contributed by atoms with van der Waals surface area (Å²) < 4.78 is 9.18. The van der Waals surface area contributed by atoms with Crippen molar-refractivity contribution in [1.82, 2.24) is 0 Å². The topological polar surface area (TPSA) is 90.6 Å². The van der Waals surface area contributed by atoms with E-state index in [1.54, 1.807) is 31.2 Å². The van der Waals surface area contributed by atoms with Crippen LogP contribution in [-0.2, 0) is 9.47 Å². The number of hydrogen-bond donors (Lipinski definition) is 2. The lowest BCUT2D eigenvalue weighted by atomic mass is 10.0. The molecule has 0 fully saturated rings. The third-order valence-corrected chi connectivity index (χ3v) is 2.74. The van der Waals surface area contributed by atoms with E-state index in [0.717, 1.165) is 5.39 Å². The van der Waals surface area contributed by atoms with Gasteiger partial charge in [-0.3, -0.25) is 5.84 Å². The standard InChI is InChI=1S/C14H14N2O4.ClH/c1-2-19-14(18)20-13(17)11-7-8-12(16-15)10-6-4-3-5-9(10)11;/h3-8,16H,2,15H2,1H3;1H. The Morgan fingerprint density at radius 3 is 2.43 bits per heavy atom. The van der Waals surface area contributed by atoms with E-state index < -0.39 is 12.1 Å². The number of benzene rings is 2. The van der Waals surface area contributed by atoms with Gasteiger partial charge in [-0.1, -0.05) is 24.3 Å². The summed E-state index contributed by atoms with van der Waals surface area (Å²) in [5, 5.41) is 1.39. The molecule has 3 N–H and O–H groups in total. The summed E-state index contributed by atoms with van der Waals surface area (Å²) in [6.45, 7) is 1.77. The molecule has 0 spiro atoms. The third kappa shape index (κ3) is 3.62. The third-order valence-electron chi connectivity index (χ3n) is 2.74. The normalized spacial score (nSPS) is 9.62. The Labute approximate surface area is 127 Å². The molecule has 0 amide bonds. The van der Waals surface area contributed by atoms with Crippen molar-refractivity contribution in [3.8, 4) is 0 Å². The summed E-state index contributed by atoms with van der Waals surface area (Å²) in [5.74, 6) is 4.66. The molecule has 0 aromatic heterocycles. The summed E-state index contributed by atoms with van der Waals surface area (Å²) in [6.07, 6.45) is -1.01. The van der Waals surface area contributed by atoms with Crippen LogP contribution < -0.4 is 11.3 Å². The van der Waals surface area contributed by atoms with Crippen molar-refractivity contribution in [2.75, 3.05) is 12.0 Å². The second-order valence-corrected chi connectivity index (χ2v) is 3.92. The van der Waals surface area contributed by atoms with Crippen LogP contribution in [0.5, 0.6) is 0 Å². The van der Waals surface area contributed by atoms with Crippen LogP contribution >= 0.6 is 12.4 Å². The molecule has 0 aliphatic carbocycles. The summed E-state index contributed by atoms with van der Waals surface area (Å²) in [5.41, 5.74) is 3.50. The first-order chi connectivity index (χ1) is 9.67. The van der Waals surface area contributed by atoms with Crippen LogP contribution in [0.25, 0.3) is 10.8 Å². The number of hydrogen-bond acceptors (Lipinski definition) is 6. The van der Waals surface area contributed by atoms with Crippen LogP contribution in [0.4, 0.5) is 10.5 Å². The molecular formula is C14H15ClN2O4. The van der Waals surface area contributed by atoms with E-state index in [2.05, 4.69) is 14.9 Å². The monoisotopic (exact) mass is 310 g/mol. The summed E-state index contributed by atoms with van der Waals surface area (Å²) in [4.78, 5) is 23.2. The average molecular weight is 311 g/mol. The van der Waals surface area contributed by atoms with Gasteiger partial charge in [-0.25, -0.2) is 9.59 Å². The van der Waals surface area contributed by atoms with Crippen LogP contribution in [0.15, 0.2) is 36.4 Å². The molecule has 0 atom stereocenters. The number of nitrogen functional groups attached to an aromatic ring is 1. The molecule has 2 rings (SSSR count). The zero-order valence-electron chi connectivity index (χ0n) is 11.3. The van der Waals surface area contributed by atoms with Gasteiger partial charge in [0.2, 0.25) is 0 Å². The Hall–Kier alpha value is -2.31. The molecule has 2 aromatic carbocycles. The number of carbonyl (C=O) groups is 2. The molecule has 0 bridgehead atoms. The van der Waals surface area contributed by atoms with E-state index in [4.69, 9.17) is 5.84 Å². The second-order valence-electron chi connectivity index (χ2n) is 3.92. The minimum Gasteiger partial charge on any atom is -0.434 e. The van der Waals surface area contributed by atoms with Gasteiger partial charge in [0.1, 0.15) is 0 Å². The fourth-order valence-electron chi connectivity index (χ4n) is 1.88. The van der Waals surface area contributed by atoms with Gasteiger partial charge in [0, 0.05) is 5.39 Å². The van der Waals surface area contributed by atoms with Gasteiger partial charge in [0.05, 0.1) is 17.9 Å². The maximum atomic E-state index is 12.0. The van der Waals surface area contributed by atoms with E-state index in [1.165, 1.54) is 0 Å². The first kappa shape index (κ1) is 16.7. The number of nitrogens with one attached hydrogen (secondary N) is 1. The highest BCUT2D eigenvalue weighted by atomic mass is 35.5. The summed E-state index contributed by atoms with van der Waals surface area (Å²) in [7, 11) is 0. The largest absolute Gasteiger partial charge is 0.516 e. The number of rotatable bonds is 3. The number of carbonyl (C=O) groups excluding carboxylic acids is 2. The molecule has 0 unspecified atom stereocenters. The molecule has 7 heteroatoms. The predicted octanol–water partition coefficient (Wildman–Crippen LogP) is 2.86. The maximum absolute atomic E-state index is 12.0. The van der Waals surface area contributed by atoms with E-state index in [9.17, 15) is 9.59 Å². The average Bonchev–Trinajstić information content (AvgIpc) is 2.46. The second kappa shape index (κ2) is 7.47. The minimum absolute atomic E-state index is 0. The smallest absolute Gasteiger partial charge is 0.434 e. The van der Waals surface area contributed by atoms with Gasteiger partial charge >= 0.3 is 12.1 Å². The van der Waals surface area contributed by atoms with Crippen molar-refractivity contribution in [3.63, 3.8) is 0 Å². The Balaban J connectivity index is 0.00000220. The lowest BCUT2D eigenvalue weighted by Gasteiger charge is -2.09. The zero-order chi connectivity index (χ0) is 14.5. The van der Waals surface area contributed by atoms with Crippen LogP contribution in [0.3, 0.4) is 0 Å². The number of esters is 1. The molecular weight excluding hydrogens is 296 g/mol. The van der Waals surface area contributed by atoms with Gasteiger partial charge in [-0.05, 0) is 24.4 Å². The molecule has 0 saturated heterocycles. The highest BCUT2D eigenvalue weighted by Crippen LogP contribution is 2.26. The fourth-order valence-corrected chi connectivity index (χ4v) is 1.88. The molecule has 0 saturated carbocycles. The highest BCUT2D eigenvalue weighted by molar-refractivity contribution is 6.10. The Kier molecular flexibility index (Phi) is 5.95. The van der Waals surface area contributed by atoms with Crippen LogP contribution in [0.2, 0.25) is 0 Å². The van der Waals surface area contributed by atoms with Crippen molar-refractivity contribution in [2.45, 2.75) is 6.92 Å². The Morgan fingerprint density at radius 1 is 1.14 bits per heavy atom. The van der Waals surface area contributed by atoms with Gasteiger partial charge < -0.3 is 14.9 Å². The quantitative estimate of drug-likeness (QED) is 0.392. The lowest BCUT2D eigenvalue weighted by Crippen LogP contribution is -2.15. The van der Waals surface area contributed by atoms with Gasteiger partial charge in [-0.2, -0.15) is 0 Å². The molecule has 2 aromatic rings. The SMILES string of the molecule is CCOC(=O)OC(=O)c1ccc(NN)c2ccccc12.Cl. The summed E-state index contributed by atoms with van der Waals surface area (Å²) in [6, 6.07) is 10.3. The van der Waals surface area contributed by atoms with E-state index in [0.29, 0.717) is 11.1 Å². The molecule has 0 heterocycles. The number of ether oxygens (including phenoxy) is 2. The van der Waals surface area contributed by atoms with Crippen LogP contribution in [0, 0.1) is 0 Å². The Bertz CT molecular complexity index is 660. The maximum Gasteiger partial charge on any atom is 0.516 e. The van der Waals surface area contributed by atoms with Gasteiger partial charge in [0.25, 0.3) is 0 Å². The fraction of sp³-hybridized carbons (Fsp3) is 0.143. The van der Waals surface area contributed by atoms with Crippen LogP contribution in [-0.4, -0.2) is 18.7 Å². The van der Waals surface area contributed by atoms with Crippen molar-refractivity contribution < 1.29 is 19.1 Å². The summed E-state index contributed by atoms with van der Waals surface area (Å²) >= 11 is 0. The predicted molar refractivity (Wildman–Crippen MR) is 81.4 cm³/mol. The highest BCUT2D eigenvalue weighted by Gasteiger charge is 2.17. The number of fused-ring (bicyclic) bond motifs is 1. The molecule has 0 aliphatic heterocycles. The molecule has 0 aliphatic rings. The Morgan fingerprint density at radius 2 is 1.81 bits per heavy atom. The lowest BCUT2D eigenvalue weighted by molar-refractivity contribution is 0.0403. The van der Waals surface area contributed by atoms with E-state index in [1.807, 2.05) is 12.1 Å². The first-order valence-electron chi connectivity index (χ1n) is 6.04. The van der Waals surface area contributed by atoms with Gasteiger partial charge in [0.15, 0.2) is 0 Å².